The van der Waals surface area contributed by atoms with Crippen LogP contribution in [0, 0.1) is 37.2 Å². The SMILES string of the molecule is [C-]#[N+]/C(C(=O)OCC)=C1\Sc2c(OC(=O)C3CCC(C)CC3)cc(C)c(OC(=O)C3CCC(C)CC3)c2S1. The lowest BCUT2D eigenvalue weighted by Crippen LogP contribution is -2.26. The smallest absolute Gasteiger partial charge is 0.338 e. The lowest BCUT2D eigenvalue weighted by atomic mass is 9.83. The topological polar surface area (TPSA) is 83.3 Å². The third kappa shape index (κ3) is 6.40. The number of carbonyl (C=O) groups is 3. The molecule has 0 saturated heterocycles. The minimum Gasteiger partial charge on any atom is -0.471 e. The van der Waals surface area contributed by atoms with Crippen molar-refractivity contribution < 1.29 is 28.6 Å². The van der Waals surface area contributed by atoms with Gasteiger partial charge in [0.15, 0.2) is 0 Å². The molecule has 0 amide bonds. The molecule has 0 atom stereocenters. The molecule has 204 valence electrons. The first-order chi connectivity index (χ1) is 18.2. The van der Waals surface area contributed by atoms with Gasteiger partial charge in [-0.05, 0) is 88.7 Å². The highest BCUT2D eigenvalue weighted by Crippen LogP contribution is 2.60. The van der Waals surface area contributed by atoms with Crippen molar-refractivity contribution in [2.75, 3.05) is 6.61 Å². The quantitative estimate of drug-likeness (QED) is 0.156. The van der Waals surface area contributed by atoms with E-state index in [2.05, 4.69) is 18.7 Å². The number of aryl methyl sites for hydroxylation is 1. The lowest BCUT2D eigenvalue weighted by Gasteiger charge is -2.26. The predicted octanol–water partition coefficient (Wildman–Crippen LogP) is 7.31. The Hall–Kier alpha value is -2.44. The van der Waals surface area contributed by atoms with E-state index >= 15 is 0 Å². The summed E-state index contributed by atoms with van der Waals surface area (Å²) in [6.45, 7) is 15.6. The van der Waals surface area contributed by atoms with Gasteiger partial charge in [0.1, 0.15) is 11.5 Å². The molecule has 38 heavy (non-hydrogen) atoms. The van der Waals surface area contributed by atoms with E-state index in [-0.39, 0.29) is 36.1 Å². The van der Waals surface area contributed by atoms with Gasteiger partial charge in [0, 0.05) is 0 Å². The van der Waals surface area contributed by atoms with Crippen molar-refractivity contribution in [1.82, 2.24) is 0 Å². The van der Waals surface area contributed by atoms with E-state index in [4.69, 9.17) is 20.8 Å². The van der Waals surface area contributed by atoms with Gasteiger partial charge in [-0.2, -0.15) is 0 Å². The minimum absolute atomic E-state index is 0.132. The number of carbonyl (C=O) groups excluding carboxylic acids is 3. The number of thioether (sulfide) groups is 2. The molecular weight excluding hydrogens is 522 g/mol. The van der Waals surface area contributed by atoms with E-state index in [9.17, 15) is 14.4 Å². The summed E-state index contributed by atoms with van der Waals surface area (Å²) in [5.74, 6) is 0.457. The van der Waals surface area contributed by atoms with E-state index in [1.165, 1.54) is 23.5 Å². The van der Waals surface area contributed by atoms with Gasteiger partial charge in [0.25, 0.3) is 5.70 Å². The number of esters is 3. The zero-order chi connectivity index (χ0) is 27.4. The summed E-state index contributed by atoms with van der Waals surface area (Å²) in [5, 5.41) is 0. The summed E-state index contributed by atoms with van der Waals surface area (Å²) >= 11 is 2.37. The molecule has 3 aliphatic rings. The van der Waals surface area contributed by atoms with Crippen molar-refractivity contribution in [3.63, 3.8) is 0 Å². The highest BCUT2D eigenvalue weighted by atomic mass is 32.2. The zero-order valence-electron chi connectivity index (χ0n) is 22.5. The van der Waals surface area contributed by atoms with Crippen LogP contribution < -0.4 is 9.47 Å². The van der Waals surface area contributed by atoms with Crippen LogP contribution in [0.15, 0.2) is 25.8 Å². The standard InChI is InChI=1S/C29H35NO6S2/c1-6-34-28(33)22(30-5)29-37-24-21(35-26(31)19-11-7-16(2)8-12-19)15-18(4)23(25(24)38-29)36-27(32)20-13-9-17(3)10-14-20/h15-17,19-20H,6-14H2,1-4H3/b29-22+. The monoisotopic (exact) mass is 557 g/mol. The van der Waals surface area contributed by atoms with E-state index in [1.54, 1.807) is 13.0 Å². The molecule has 2 aliphatic carbocycles. The molecule has 1 aliphatic heterocycles. The molecule has 2 saturated carbocycles. The van der Waals surface area contributed by atoms with Crippen LogP contribution in [0.2, 0.25) is 0 Å². The van der Waals surface area contributed by atoms with Crippen LogP contribution >= 0.6 is 23.5 Å². The van der Waals surface area contributed by atoms with Crippen molar-refractivity contribution in [2.24, 2.45) is 23.7 Å². The average molecular weight is 558 g/mol. The fraction of sp³-hybridized carbons (Fsp3) is 0.586. The second kappa shape index (κ2) is 12.6. The predicted molar refractivity (Wildman–Crippen MR) is 147 cm³/mol. The minimum atomic E-state index is -0.702. The van der Waals surface area contributed by atoms with E-state index in [1.807, 2.05) is 6.92 Å². The number of ether oxygens (including phenoxy) is 3. The summed E-state index contributed by atoms with van der Waals surface area (Å²) in [7, 11) is 0. The molecule has 0 spiro atoms. The number of hydrogen-bond donors (Lipinski definition) is 0. The van der Waals surface area contributed by atoms with Gasteiger partial charge in [-0.15, -0.1) is 0 Å². The number of hydrogen-bond acceptors (Lipinski definition) is 8. The van der Waals surface area contributed by atoms with Crippen molar-refractivity contribution in [2.45, 2.75) is 88.9 Å². The molecule has 1 aromatic carbocycles. The molecule has 1 aromatic rings. The van der Waals surface area contributed by atoms with Crippen LogP contribution in [-0.2, 0) is 19.1 Å². The summed E-state index contributed by atoms with van der Waals surface area (Å²) in [4.78, 5) is 43.3. The number of nitrogens with zero attached hydrogens (tertiary/aromatic N) is 1. The van der Waals surface area contributed by atoms with Crippen LogP contribution in [0.5, 0.6) is 11.5 Å². The van der Waals surface area contributed by atoms with Crippen LogP contribution in [0.3, 0.4) is 0 Å². The maximum absolute atomic E-state index is 13.1. The Labute approximate surface area is 233 Å². The van der Waals surface area contributed by atoms with Crippen LogP contribution in [0.1, 0.15) is 77.7 Å². The van der Waals surface area contributed by atoms with Crippen molar-refractivity contribution >= 4 is 41.4 Å². The third-order valence-corrected chi connectivity index (χ3v) is 10.2. The van der Waals surface area contributed by atoms with E-state index in [0.717, 1.165) is 51.4 Å². The lowest BCUT2D eigenvalue weighted by molar-refractivity contribution is -0.141. The highest BCUT2D eigenvalue weighted by Gasteiger charge is 2.35. The molecule has 4 rings (SSSR count). The molecule has 0 N–H and O–H groups in total. The van der Waals surface area contributed by atoms with Gasteiger partial charge in [-0.3, -0.25) is 14.4 Å². The summed E-state index contributed by atoms with van der Waals surface area (Å²) in [6, 6.07) is 1.73. The maximum atomic E-state index is 13.1. The van der Waals surface area contributed by atoms with Gasteiger partial charge in [0.2, 0.25) is 0 Å². The molecule has 9 heteroatoms. The number of fused-ring (bicyclic) bond motifs is 1. The molecule has 0 radical (unpaired) electrons. The first-order valence-electron chi connectivity index (χ1n) is 13.5. The largest absolute Gasteiger partial charge is 0.471 e. The summed E-state index contributed by atoms with van der Waals surface area (Å²) in [6.07, 6.45) is 7.19. The van der Waals surface area contributed by atoms with Gasteiger partial charge in [0.05, 0.1) is 39.0 Å². The molecule has 0 bridgehead atoms. The Balaban J connectivity index is 1.66. The first kappa shape index (κ1) is 28.6. The normalized spacial score (nSPS) is 26.1. The summed E-state index contributed by atoms with van der Waals surface area (Å²) in [5.41, 5.74) is 0.531. The van der Waals surface area contributed by atoms with Gasteiger partial charge >= 0.3 is 17.9 Å². The van der Waals surface area contributed by atoms with Gasteiger partial charge in [-0.1, -0.05) is 37.4 Å². The summed E-state index contributed by atoms with van der Waals surface area (Å²) < 4.78 is 17.4. The van der Waals surface area contributed by atoms with Crippen molar-refractivity contribution in [3.8, 4) is 11.5 Å². The van der Waals surface area contributed by atoms with Crippen LogP contribution in [-0.4, -0.2) is 24.5 Å². The van der Waals surface area contributed by atoms with Crippen LogP contribution in [0.25, 0.3) is 4.85 Å². The third-order valence-electron chi connectivity index (χ3n) is 7.62. The second-order valence-electron chi connectivity index (χ2n) is 10.6. The molecule has 7 nitrogen and oxygen atoms in total. The van der Waals surface area contributed by atoms with Crippen LogP contribution in [0.4, 0.5) is 0 Å². The molecule has 1 heterocycles. The fourth-order valence-corrected chi connectivity index (χ4v) is 7.77. The maximum Gasteiger partial charge on any atom is 0.338 e. The van der Waals surface area contributed by atoms with Crippen molar-refractivity contribution in [3.05, 3.63) is 33.0 Å². The average Bonchev–Trinajstić information content (AvgIpc) is 3.33. The molecular formula is C29H35NO6S2. The Morgan fingerprint density at radius 2 is 1.42 bits per heavy atom. The molecule has 0 unspecified atom stereocenters. The molecule has 2 fully saturated rings. The Kier molecular flexibility index (Phi) is 9.48. The van der Waals surface area contributed by atoms with Gasteiger partial charge in [-0.25, -0.2) is 4.85 Å². The van der Waals surface area contributed by atoms with Crippen molar-refractivity contribution in [1.29, 1.82) is 0 Å². The Bertz CT molecular complexity index is 1170. The van der Waals surface area contributed by atoms with Gasteiger partial charge < -0.3 is 14.2 Å². The Morgan fingerprint density at radius 1 is 0.895 bits per heavy atom. The van der Waals surface area contributed by atoms with E-state index in [0.29, 0.717) is 42.9 Å². The Morgan fingerprint density at radius 3 is 1.95 bits per heavy atom. The highest BCUT2D eigenvalue weighted by molar-refractivity contribution is 8.24. The first-order valence-corrected chi connectivity index (χ1v) is 15.1. The fourth-order valence-electron chi connectivity index (χ4n) is 5.16. The number of rotatable bonds is 6. The molecule has 0 aromatic heterocycles. The van der Waals surface area contributed by atoms with E-state index < -0.39 is 5.97 Å². The zero-order valence-corrected chi connectivity index (χ0v) is 24.1. The number of benzene rings is 1. The second-order valence-corrected chi connectivity index (χ2v) is 12.9.